The fraction of sp³-hybridized carbons (Fsp3) is 0.300. The SMILES string of the molecule is COc1ccc([Se]C)c(C(C)=O)c1. The van der Waals surface area contributed by atoms with Gasteiger partial charge in [-0.1, -0.05) is 0 Å². The van der Waals surface area contributed by atoms with Gasteiger partial charge in [-0.05, 0) is 0 Å². The van der Waals surface area contributed by atoms with Gasteiger partial charge in [-0.3, -0.25) is 0 Å². The van der Waals surface area contributed by atoms with Crippen LogP contribution >= 0.6 is 0 Å². The second kappa shape index (κ2) is 4.45. The molecule has 0 aliphatic carbocycles. The Balaban J connectivity index is 3.18. The van der Waals surface area contributed by atoms with Gasteiger partial charge in [0.05, 0.1) is 0 Å². The number of benzene rings is 1. The van der Waals surface area contributed by atoms with Crippen molar-refractivity contribution >= 4 is 25.2 Å². The molecule has 0 aliphatic rings. The van der Waals surface area contributed by atoms with E-state index in [0.29, 0.717) is 15.0 Å². The molecule has 0 fully saturated rings. The Kier molecular flexibility index (Phi) is 3.52. The fourth-order valence-electron chi connectivity index (χ4n) is 1.09. The predicted molar refractivity (Wildman–Crippen MR) is 54.3 cm³/mol. The number of methoxy groups -OCH3 is 1. The zero-order valence-electron chi connectivity index (χ0n) is 7.96. The molecule has 0 aromatic heterocycles. The van der Waals surface area contributed by atoms with Crippen LogP contribution in [0.2, 0.25) is 5.82 Å². The molecule has 0 saturated heterocycles. The van der Waals surface area contributed by atoms with Crippen LogP contribution in [0.15, 0.2) is 18.2 Å². The molecule has 1 aromatic rings. The van der Waals surface area contributed by atoms with Crippen molar-refractivity contribution in [2.75, 3.05) is 7.11 Å². The van der Waals surface area contributed by atoms with E-state index >= 15 is 0 Å². The molecule has 0 amide bonds. The van der Waals surface area contributed by atoms with Crippen LogP contribution in [-0.4, -0.2) is 27.8 Å². The Morgan fingerprint density at radius 1 is 1.46 bits per heavy atom. The third kappa shape index (κ3) is 2.33. The number of hydrogen-bond donors (Lipinski definition) is 0. The first-order valence-corrected chi connectivity index (χ1v) is 6.49. The molecule has 3 heteroatoms. The standard InChI is InChI=1S/C10H12O2Se/c1-7(11)9-6-8(12-2)4-5-10(9)13-3/h4-6H,1-3H3. The molecule has 13 heavy (non-hydrogen) atoms. The van der Waals surface area contributed by atoms with E-state index in [2.05, 4.69) is 5.82 Å². The molecule has 0 radical (unpaired) electrons. The van der Waals surface area contributed by atoms with Crippen LogP contribution in [0.3, 0.4) is 0 Å². The zero-order valence-corrected chi connectivity index (χ0v) is 9.67. The third-order valence-electron chi connectivity index (χ3n) is 1.79. The summed E-state index contributed by atoms with van der Waals surface area (Å²) in [6.45, 7) is 1.59. The summed E-state index contributed by atoms with van der Waals surface area (Å²) in [4.78, 5) is 11.2. The van der Waals surface area contributed by atoms with E-state index in [1.54, 1.807) is 14.0 Å². The summed E-state index contributed by atoms with van der Waals surface area (Å²) in [6.07, 6.45) is 0. The topological polar surface area (TPSA) is 26.3 Å². The number of rotatable bonds is 3. The number of ketones is 1. The van der Waals surface area contributed by atoms with Crippen molar-refractivity contribution < 1.29 is 9.53 Å². The second-order valence-electron chi connectivity index (χ2n) is 2.62. The number of hydrogen-bond acceptors (Lipinski definition) is 2. The molecule has 0 saturated carbocycles. The van der Waals surface area contributed by atoms with Crippen LogP contribution in [0.5, 0.6) is 5.75 Å². The van der Waals surface area contributed by atoms with E-state index in [-0.39, 0.29) is 5.78 Å². The van der Waals surface area contributed by atoms with E-state index in [9.17, 15) is 4.79 Å². The number of carbonyl (C=O) groups excluding carboxylic acids is 1. The van der Waals surface area contributed by atoms with E-state index < -0.39 is 0 Å². The third-order valence-corrected chi connectivity index (χ3v) is 3.46. The van der Waals surface area contributed by atoms with E-state index in [4.69, 9.17) is 4.74 Å². The van der Waals surface area contributed by atoms with Crippen molar-refractivity contribution in [3.8, 4) is 5.75 Å². The van der Waals surface area contributed by atoms with Crippen molar-refractivity contribution in [1.29, 1.82) is 0 Å². The van der Waals surface area contributed by atoms with E-state index in [0.717, 1.165) is 15.8 Å². The van der Waals surface area contributed by atoms with Gasteiger partial charge in [0.15, 0.2) is 0 Å². The maximum absolute atomic E-state index is 11.2. The van der Waals surface area contributed by atoms with Crippen LogP contribution in [-0.2, 0) is 0 Å². The quantitative estimate of drug-likeness (QED) is 0.590. The van der Waals surface area contributed by atoms with Gasteiger partial charge >= 0.3 is 84.1 Å². The van der Waals surface area contributed by atoms with Gasteiger partial charge in [0, 0.05) is 0 Å². The van der Waals surface area contributed by atoms with Crippen molar-refractivity contribution in [1.82, 2.24) is 0 Å². The molecule has 0 atom stereocenters. The first kappa shape index (κ1) is 10.3. The molecular weight excluding hydrogens is 231 g/mol. The van der Waals surface area contributed by atoms with E-state index in [1.807, 2.05) is 18.2 Å². The Labute approximate surface area is 84.4 Å². The Morgan fingerprint density at radius 2 is 2.15 bits per heavy atom. The minimum absolute atomic E-state index is 0.109. The van der Waals surface area contributed by atoms with Crippen LogP contribution in [0.1, 0.15) is 17.3 Å². The summed E-state index contributed by atoms with van der Waals surface area (Å²) in [6, 6.07) is 5.67. The van der Waals surface area contributed by atoms with Gasteiger partial charge in [-0.15, -0.1) is 0 Å². The van der Waals surface area contributed by atoms with Crippen LogP contribution in [0, 0.1) is 0 Å². The Bertz CT molecular complexity index is 321. The van der Waals surface area contributed by atoms with Crippen molar-refractivity contribution in [3.05, 3.63) is 23.8 Å². The van der Waals surface area contributed by atoms with Crippen LogP contribution < -0.4 is 9.20 Å². The van der Waals surface area contributed by atoms with Gasteiger partial charge in [-0.2, -0.15) is 0 Å². The minimum atomic E-state index is 0.109. The average Bonchev–Trinajstić information content (AvgIpc) is 2.16. The van der Waals surface area contributed by atoms with Gasteiger partial charge in [0.25, 0.3) is 0 Å². The summed E-state index contributed by atoms with van der Waals surface area (Å²) in [7, 11) is 1.61. The summed E-state index contributed by atoms with van der Waals surface area (Å²) in [5.41, 5.74) is 0.793. The number of Topliss-reactive ketones (excluding diaryl/α,β-unsaturated/α-hetero) is 1. The Hall–Kier alpha value is -0.791. The van der Waals surface area contributed by atoms with Crippen molar-refractivity contribution in [3.63, 3.8) is 0 Å². The fourth-order valence-corrected chi connectivity index (χ4v) is 2.40. The normalized spacial score (nSPS) is 9.77. The van der Waals surface area contributed by atoms with Gasteiger partial charge in [0.1, 0.15) is 0 Å². The molecule has 0 N–H and O–H groups in total. The predicted octanol–water partition coefficient (Wildman–Crippen LogP) is 1.28. The van der Waals surface area contributed by atoms with Crippen molar-refractivity contribution in [2.24, 2.45) is 0 Å². The summed E-state index contributed by atoms with van der Waals surface area (Å²) in [5, 5.41) is 0. The van der Waals surface area contributed by atoms with Crippen LogP contribution in [0.4, 0.5) is 0 Å². The van der Waals surface area contributed by atoms with Crippen molar-refractivity contribution in [2.45, 2.75) is 12.7 Å². The maximum atomic E-state index is 11.2. The summed E-state index contributed by atoms with van der Waals surface area (Å²) < 4.78 is 6.20. The first-order chi connectivity index (χ1) is 6.19. The van der Waals surface area contributed by atoms with E-state index in [1.165, 1.54) is 0 Å². The molecule has 70 valence electrons. The van der Waals surface area contributed by atoms with Crippen LogP contribution in [0.25, 0.3) is 0 Å². The summed E-state index contributed by atoms with van der Waals surface area (Å²) in [5.74, 6) is 2.96. The molecule has 1 aromatic carbocycles. The number of carbonyl (C=O) groups is 1. The summed E-state index contributed by atoms with van der Waals surface area (Å²) >= 11 is 0.354. The first-order valence-electron chi connectivity index (χ1n) is 3.92. The number of ether oxygens (including phenoxy) is 1. The Morgan fingerprint density at radius 3 is 2.62 bits per heavy atom. The van der Waals surface area contributed by atoms with Gasteiger partial charge in [0.2, 0.25) is 0 Å². The molecule has 2 nitrogen and oxygen atoms in total. The molecule has 0 aliphatic heterocycles. The molecular formula is C10H12O2Se. The zero-order chi connectivity index (χ0) is 9.84. The molecule has 0 spiro atoms. The second-order valence-corrected chi connectivity index (χ2v) is 4.40. The average molecular weight is 243 g/mol. The van der Waals surface area contributed by atoms with Gasteiger partial charge < -0.3 is 0 Å². The van der Waals surface area contributed by atoms with Gasteiger partial charge in [-0.25, -0.2) is 0 Å². The molecule has 1 rings (SSSR count). The molecule has 0 heterocycles. The molecule has 0 unspecified atom stereocenters. The molecule has 0 bridgehead atoms. The monoisotopic (exact) mass is 244 g/mol.